The van der Waals surface area contributed by atoms with E-state index < -0.39 is 0 Å². The zero-order valence-corrected chi connectivity index (χ0v) is 10.2. The number of fused-ring (bicyclic) bond motifs is 2. The first-order chi connectivity index (χ1) is 9.19. The minimum absolute atomic E-state index is 0.0905. The number of aryl methyl sites for hydroxylation is 1. The van der Waals surface area contributed by atoms with Gasteiger partial charge in [-0.1, -0.05) is 18.2 Å². The van der Waals surface area contributed by atoms with Gasteiger partial charge in [-0.2, -0.15) is 5.26 Å². The van der Waals surface area contributed by atoms with E-state index in [2.05, 4.69) is 11.1 Å². The fourth-order valence-corrected chi connectivity index (χ4v) is 2.76. The molecule has 0 saturated heterocycles. The molecule has 19 heavy (non-hydrogen) atoms. The Balaban J connectivity index is 2.10. The molecule has 0 radical (unpaired) electrons. The molecule has 2 atom stereocenters. The quantitative estimate of drug-likeness (QED) is 0.764. The van der Waals surface area contributed by atoms with Crippen LogP contribution in [-0.2, 0) is 6.42 Å². The number of H-pyrrole nitrogens is 1. The molecule has 0 amide bonds. The summed E-state index contributed by atoms with van der Waals surface area (Å²) in [6, 6.07) is 5.24. The summed E-state index contributed by atoms with van der Waals surface area (Å²) in [6.07, 6.45) is 7.03. The molecule has 1 aromatic rings. The van der Waals surface area contributed by atoms with Crippen molar-refractivity contribution in [1.29, 1.82) is 5.26 Å². The van der Waals surface area contributed by atoms with Gasteiger partial charge in [0.05, 0.1) is 11.8 Å². The first-order valence-corrected chi connectivity index (χ1v) is 6.25. The highest BCUT2D eigenvalue weighted by molar-refractivity contribution is 5.99. The summed E-state index contributed by atoms with van der Waals surface area (Å²) < 4.78 is 0. The minimum atomic E-state index is -0.334. The van der Waals surface area contributed by atoms with Gasteiger partial charge in [0.1, 0.15) is 0 Å². The number of allylic oxidation sites excluding steroid dienone is 4. The first kappa shape index (κ1) is 11.7. The molecule has 0 saturated carbocycles. The van der Waals surface area contributed by atoms with E-state index in [1.54, 1.807) is 18.2 Å². The van der Waals surface area contributed by atoms with Gasteiger partial charge in [-0.05, 0) is 30.4 Å². The number of rotatable bonds is 0. The predicted molar refractivity (Wildman–Crippen MR) is 69.5 cm³/mol. The van der Waals surface area contributed by atoms with E-state index >= 15 is 0 Å². The van der Waals surface area contributed by atoms with E-state index in [1.165, 1.54) is 6.07 Å². The highest BCUT2D eigenvalue weighted by atomic mass is 16.1. The lowest BCUT2D eigenvalue weighted by molar-refractivity contribution is 0.0918. The number of hydrogen-bond donors (Lipinski definition) is 1. The number of aromatic amines is 1. The molecular weight excluding hydrogens is 240 g/mol. The van der Waals surface area contributed by atoms with Gasteiger partial charge in [0, 0.05) is 17.6 Å². The van der Waals surface area contributed by atoms with Crippen LogP contribution < -0.4 is 5.56 Å². The number of carbonyl (C=O) groups excluding carboxylic acids is 1. The smallest absolute Gasteiger partial charge is 0.248 e. The molecule has 2 unspecified atom stereocenters. The first-order valence-electron chi connectivity index (χ1n) is 6.25. The second-order valence-corrected chi connectivity index (χ2v) is 4.91. The summed E-state index contributed by atoms with van der Waals surface area (Å²) in [5, 5.41) is 8.94. The van der Waals surface area contributed by atoms with E-state index in [0.717, 1.165) is 18.4 Å². The lowest BCUT2D eigenvalue weighted by atomic mass is 9.82. The third-order valence-electron chi connectivity index (χ3n) is 3.77. The van der Waals surface area contributed by atoms with Crippen LogP contribution >= 0.6 is 0 Å². The molecule has 94 valence electrons. The molecule has 1 aromatic heterocycles. The second-order valence-electron chi connectivity index (χ2n) is 4.91. The number of pyridine rings is 1. The van der Waals surface area contributed by atoms with Gasteiger partial charge >= 0.3 is 0 Å². The molecule has 0 bridgehead atoms. The van der Waals surface area contributed by atoms with Crippen molar-refractivity contribution < 1.29 is 4.79 Å². The zero-order chi connectivity index (χ0) is 13.4. The number of carbonyl (C=O) groups is 1. The number of nitrogens with zero attached hydrogens (tertiary/aromatic N) is 1. The van der Waals surface area contributed by atoms with Crippen molar-refractivity contribution in [3.8, 4) is 6.07 Å². The molecule has 4 nitrogen and oxygen atoms in total. The lowest BCUT2D eigenvalue weighted by Gasteiger charge is -2.20. The predicted octanol–water partition coefficient (Wildman–Crippen LogP) is 1.76. The molecule has 1 heterocycles. The van der Waals surface area contributed by atoms with E-state index in [1.807, 2.05) is 6.08 Å². The maximum Gasteiger partial charge on any atom is 0.248 e. The van der Waals surface area contributed by atoms with E-state index in [4.69, 9.17) is 5.26 Å². The van der Waals surface area contributed by atoms with Gasteiger partial charge in [-0.3, -0.25) is 9.59 Å². The Bertz CT molecular complexity index is 704. The SMILES string of the molecule is N#CC1=CC2C(=O)c3[nH]c(=O)ccc3CCC2C=C1. The average Bonchev–Trinajstić information content (AvgIpc) is 2.57. The Morgan fingerprint density at radius 1 is 1.32 bits per heavy atom. The van der Waals surface area contributed by atoms with Crippen LogP contribution in [0.1, 0.15) is 22.5 Å². The standard InChI is InChI=1S/C15H12N2O2/c16-8-9-1-2-10-3-4-11-5-6-13(18)17-14(11)15(19)12(10)7-9/h1-2,5-7,10,12H,3-4H2,(H,17,18). The van der Waals surface area contributed by atoms with Crippen molar-refractivity contribution in [3.63, 3.8) is 0 Å². The molecule has 3 rings (SSSR count). The molecular formula is C15H12N2O2. The number of aromatic nitrogens is 1. The van der Waals surface area contributed by atoms with E-state index in [0.29, 0.717) is 11.3 Å². The third kappa shape index (κ3) is 1.93. The van der Waals surface area contributed by atoms with Crippen molar-refractivity contribution in [2.24, 2.45) is 11.8 Å². The van der Waals surface area contributed by atoms with Crippen molar-refractivity contribution in [3.05, 3.63) is 57.5 Å². The normalized spacial score (nSPS) is 24.8. The van der Waals surface area contributed by atoms with Gasteiger partial charge < -0.3 is 4.98 Å². The molecule has 0 aromatic carbocycles. The largest absolute Gasteiger partial charge is 0.319 e. The van der Waals surface area contributed by atoms with Gasteiger partial charge in [0.15, 0.2) is 5.78 Å². The summed E-state index contributed by atoms with van der Waals surface area (Å²) in [7, 11) is 0. The van der Waals surface area contributed by atoms with Crippen LogP contribution in [0.15, 0.2) is 40.7 Å². The van der Waals surface area contributed by atoms with Gasteiger partial charge in [-0.25, -0.2) is 0 Å². The number of nitrogens with one attached hydrogen (secondary N) is 1. The molecule has 4 heteroatoms. The zero-order valence-electron chi connectivity index (χ0n) is 10.2. The number of ketones is 1. The highest BCUT2D eigenvalue weighted by Crippen LogP contribution is 2.33. The topological polar surface area (TPSA) is 73.7 Å². The van der Waals surface area contributed by atoms with Crippen LogP contribution in [0, 0.1) is 23.2 Å². The Kier molecular flexibility index (Phi) is 2.68. The monoisotopic (exact) mass is 252 g/mol. The van der Waals surface area contributed by atoms with Crippen LogP contribution in [0.2, 0.25) is 0 Å². The third-order valence-corrected chi connectivity index (χ3v) is 3.77. The Hall–Kier alpha value is -2.41. The fourth-order valence-electron chi connectivity index (χ4n) is 2.76. The number of hydrogen-bond acceptors (Lipinski definition) is 3. The molecule has 2 aliphatic carbocycles. The van der Waals surface area contributed by atoms with Crippen LogP contribution in [0.4, 0.5) is 0 Å². The molecule has 0 aliphatic heterocycles. The maximum absolute atomic E-state index is 12.5. The summed E-state index contributed by atoms with van der Waals surface area (Å²) in [5.41, 5.74) is 1.54. The summed E-state index contributed by atoms with van der Waals surface area (Å²) in [5.74, 6) is -0.313. The van der Waals surface area contributed by atoms with Crippen LogP contribution in [0.25, 0.3) is 0 Å². The molecule has 2 aliphatic rings. The maximum atomic E-state index is 12.5. The summed E-state index contributed by atoms with van der Waals surface area (Å²) in [4.78, 5) is 26.6. The van der Waals surface area contributed by atoms with Crippen molar-refractivity contribution in [2.45, 2.75) is 12.8 Å². The van der Waals surface area contributed by atoms with E-state index in [-0.39, 0.29) is 23.2 Å². The Morgan fingerprint density at radius 3 is 2.95 bits per heavy atom. The summed E-state index contributed by atoms with van der Waals surface area (Å²) >= 11 is 0. The van der Waals surface area contributed by atoms with Gasteiger partial charge in [0.2, 0.25) is 5.56 Å². The van der Waals surface area contributed by atoms with Crippen molar-refractivity contribution in [1.82, 2.24) is 4.98 Å². The van der Waals surface area contributed by atoms with Crippen LogP contribution in [-0.4, -0.2) is 10.8 Å². The molecule has 0 fully saturated rings. The number of Topliss-reactive ketones (excluding diaryl/α,β-unsaturated/α-hetero) is 1. The van der Waals surface area contributed by atoms with Crippen LogP contribution in [0.5, 0.6) is 0 Å². The second kappa shape index (κ2) is 4.36. The minimum Gasteiger partial charge on any atom is -0.319 e. The van der Waals surface area contributed by atoms with Crippen LogP contribution in [0.3, 0.4) is 0 Å². The number of nitriles is 1. The Labute approximate surface area is 110 Å². The average molecular weight is 252 g/mol. The molecule has 1 N–H and O–H groups in total. The fraction of sp³-hybridized carbons (Fsp3) is 0.267. The van der Waals surface area contributed by atoms with Crippen molar-refractivity contribution >= 4 is 5.78 Å². The lowest BCUT2D eigenvalue weighted by Crippen LogP contribution is -2.24. The van der Waals surface area contributed by atoms with Gasteiger partial charge in [0.25, 0.3) is 0 Å². The molecule has 0 spiro atoms. The van der Waals surface area contributed by atoms with E-state index in [9.17, 15) is 9.59 Å². The van der Waals surface area contributed by atoms with Crippen molar-refractivity contribution in [2.75, 3.05) is 0 Å². The summed E-state index contributed by atoms with van der Waals surface area (Å²) in [6.45, 7) is 0. The Morgan fingerprint density at radius 2 is 2.16 bits per heavy atom. The van der Waals surface area contributed by atoms with Gasteiger partial charge in [-0.15, -0.1) is 0 Å². The highest BCUT2D eigenvalue weighted by Gasteiger charge is 2.32.